The fourth-order valence-electron chi connectivity index (χ4n) is 3.55. The zero-order chi connectivity index (χ0) is 18.6. The molecule has 1 aromatic rings. The molecular formula is C22H38S. The molecule has 0 saturated carbocycles. The predicted molar refractivity (Wildman–Crippen MR) is 108 cm³/mol. The van der Waals surface area contributed by atoms with Gasteiger partial charge in [-0.25, -0.2) is 0 Å². The number of benzene rings is 1. The average Bonchev–Trinajstić information content (AvgIpc) is 2.21. The molecule has 1 rings (SSSR count). The Hall–Kier alpha value is -0.430. The van der Waals surface area contributed by atoms with E-state index in [0.717, 1.165) is 4.90 Å². The van der Waals surface area contributed by atoms with Gasteiger partial charge in [0.15, 0.2) is 0 Å². The molecule has 0 atom stereocenters. The molecule has 0 aliphatic heterocycles. The maximum Gasteiger partial charge on any atom is 0.00835 e. The lowest BCUT2D eigenvalue weighted by Crippen LogP contribution is -2.32. The van der Waals surface area contributed by atoms with Crippen molar-refractivity contribution in [2.24, 2.45) is 0 Å². The summed E-state index contributed by atoms with van der Waals surface area (Å²) in [6.07, 6.45) is 0. The number of rotatable bonds is 0. The monoisotopic (exact) mass is 334 g/mol. The predicted octanol–water partition coefficient (Wildman–Crippen LogP) is 7.17. The van der Waals surface area contributed by atoms with Crippen LogP contribution >= 0.6 is 12.6 Å². The first-order valence-electron chi connectivity index (χ1n) is 8.80. The lowest BCUT2D eigenvalue weighted by atomic mass is 9.64. The molecule has 1 heteroatoms. The molecule has 0 nitrogen and oxygen atoms in total. The lowest BCUT2D eigenvalue weighted by molar-refractivity contribution is 0.470. The molecular weight excluding hydrogens is 296 g/mol. The highest BCUT2D eigenvalue weighted by Gasteiger charge is 2.37. The van der Waals surface area contributed by atoms with E-state index in [4.69, 9.17) is 12.6 Å². The number of hydrogen-bond acceptors (Lipinski definition) is 1. The zero-order valence-corrected chi connectivity index (χ0v) is 18.4. The molecule has 23 heavy (non-hydrogen) atoms. The Morgan fingerprint density at radius 2 is 0.870 bits per heavy atom. The van der Waals surface area contributed by atoms with Crippen molar-refractivity contribution in [3.63, 3.8) is 0 Å². The van der Waals surface area contributed by atoms with Crippen molar-refractivity contribution in [3.8, 4) is 0 Å². The summed E-state index contributed by atoms with van der Waals surface area (Å²) in [5.74, 6) is 0. The van der Waals surface area contributed by atoms with Gasteiger partial charge in [0.2, 0.25) is 0 Å². The summed E-state index contributed by atoms with van der Waals surface area (Å²) in [6, 6.07) is 2.33. The van der Waals surface area contributed by atoms with Crippen molar-refractivity contribution in [1.82, 2.24) is 0 Å². The minimum atomic E-state index is 0.0795. The molecule has 132 valence electrons. The van der Waals surface area contributed by atoms with Crippen LogP contribution in [0.3, 0.4) is 0 Å². The Labute approximate surface area is 150 Å². The van der Waals surface area contributed by atoms with E-state index in [0.29, 0.717) is 0 Å². The zero-order valence-electron chi connectivity index (χ0n) is 17.5. The van der Waals surface area contributed by atoms with Crippen LogP contribution in [0.25, 0.3) is 0 Å². The van der Waals surface area contributed by atoms with Gasteiger partial charge < -0.3 is 0 Å². The third-order valence-electron chi connectivity index (χ3n) is 4.36. The van der Waals surface area contributed by atoms with E-state index >= 15 is 0 Å². The highest BCUT2D eigenvalue weighted by Crippen LogP contribution is 2.47. The second kappa shape index (κ2) is 5.83. The largest absolute Gasteiger partial charge is 0.143 e. The smallest absolute Gasteiger partial charge is 0.00835 e. The SMILES string of the molecule is CC(C)(C)c1cc(S)c(C(C)(C)C)c(C(C)(C)C)c1C(C)(C)C. The third kappa shape index (κ3) is 4.35. The highest BCUT2D eigenvalue weighted by atomic mass is 32.1. The molecule has 0 fully saturated rings. The summed E-state index contributed by atoms with van der Waals surface area (Å²) >= 11 is 4.94. The van der Waals surface area contributed by atoms with Gasteiger partial charge in [0.25, 0.3) is 0 Å². The fourth-order valence-corrected chi connectivity index (χ4v) is 4.12. The Morgan fingerprint density at radius 3 is 1.13 bits per heavy atom. The third-order valence-corrected chi connectivity index (χ3v) is 4.72. The van der Waals surface area contributed by atoms with Gasteiger partial charge in [-0.1, -0.05) is 83.1 Å². The van der Waals surface area contributed by atoms with Gasteiger partial charge in [-0.15, -0.1) is 12.6 Å². The van der Waals surface area contributed by atoms with Crippen molar-refractivity contribution < 1.29 is 0 Å². The first kappa shape index (κ1) is 20.6. The molecule has 0 bridgehead atoms. The fraction of sp³-hybridized carbons (Fsp3) is 0.727. The molecule has 0 aliphatic carbocycles. The second-order valence-corrected chi connectivity index (χ2v) is 11.6. The molecule has 0 spiro atoms. The van der Waals surface area contributed by atoms with Crippen LogP contribution in [-0.2, 0) is 21.7 Å². The van der Waals surface area contributed by atoms with Crippen LogP contribution in [0.15, 0.2) is 11.0 Å². The molecule has 0 unspecified atom stereocenters. The molecule has 1 aromatic carbocycles. The minimum Gasteiger partial charge on any atom is -0.143 e. The van der Waals surface area contributed by atoms with Crippen LogP contribution < -0.4 is 0 Å². The molecule has 0 saturated heterocycles. The lowest BCUT2D eigenvalue weighted by Gasteiger charge is -2.41. The van der Waals surface area contributed by atoms with Gasteiger partial charge in [0, 0.05) is 4.90 Å². The van der Waals surface area contributed by atoms with Crippen LogP contribution in [0.1, 0.15) is 105 Å². The summed E-state index contributed by atoms with van der Waals surface area (Å²) in [6.45, 7) is 27.9. The van der Waals surface area contributed by atoms with E-state index in [1.165, 1.54) is 22.3 Å². The molecule has 0 radical (unpaired) electrons. The summed E-state index contributed by atoms with van der Waals surface area (Å²) in [7, 11) is 0. The first-order valence-corrected chi connectivity index (χ1v) is 9.25. The number of thiol groups is 1. The first-order chi connectivity index (χ1) is 9.88. The normalized spacial score (nSPS) is 14.3. The summed E-state index contributed by atoms with van der Waals surface area (Å²) < 4.78 is 0. The van der Waals surface area contributed by atoms with Crippen LogP contribution in [0, 0.1) is 0 Å². The van der Waals surface area contributed by atoms with Crippen LogP contribution in [-0.4, -0.2) is 0 Å². The molecule has 0 N–H and O–H groups in total. The standard InChI is InChI=1S/C22H38S/c1-19(2,3)14-13-15(23)17(21(7,8)9)18(22(10,11)12)16(14)20(4,5)6/h13,23H,1-12H3. The number of hydrogen-bond donors (Lipinski definition) is 1. The molecule has 0 aliphatic rings. The van der Waals surface area contributed by atoms with Gasteiger partial charge in [-0.05, 0) is 50.0 Å². The van der Waals surface area contributed by atoms with Crippen LogP contribution in [0.2, 0.25) is 0 Å². The Bertz CT molecular complexity index is 579. The van der Waals surface area contributed by atoms with Gasteiger partial charge in [0.05, 0.1) is 0 Å². The molecule has 0 aromatic heterocycles. The summed E-state index contributed by atoms with van der Waals surface area (Å²) in [4.78, 5) is 1.14. The summed E-state index contributed by atoms with van der Waals surface area (Å²) in [5.41, 5.74) is 6.23. The van der Waals surface area contributed by atoms with E-state index in [2.05, 4.69) is 89.2 Å². The van der Waals surface area contributed by atoms with Gasteiger partial charge in [0.1, 0.15) is 0 Å². The highest BCUT2D eigenvalue weighted by molar-refractivity contribution is 7.80. The molecule has 0 heterocycles. The second-order valence-electron chi connectivity index (χ2n) is 11.1. The topological polar surface area (TPSA) is 0 Å². The van der Waals surface area contributed by atoms with Gasteiger partial charge in [-0.2, -0.15) is 0 Å². The average molecular weight is 335 g/mol. The molecule has 0 amide bonds. The van der Waals surface area contributed by atoms with E-state index < -0.39 is 0 Å². The summed E-state index contributed by atoms with van der Waals surface area (Å²) in [5, 5.41) is 0. The Balaban J connectivity index is 4.18. The van der Waals surface area contributed by atoms with Crippen LogP contribution in [0.4, 0.5) is 0 Å². The quantitative estimate of drug-likeness (QED) is 0.478. The van der Waals surface area contributed by atoms with Crippen molar-refractivity contribution in [3.05, 3.63) is 28.3 Å². The Morgan fingerprint density at radius 1 is 0.522 bits per heavy atom. The Kier molecular flexibility index (Phi) is 5.22. The van der Waals surface area contributed by atoms with Crippen molar-refractivity contribution in [1.29, 1.82) is 0 Å². The maximum atomic E-state index is 4.94. The van der Waals surface area contributed by atoms with Gasteiger partial charge >= 0.3 is 0 Å². The van der Waals surface area contributed by atoms with Crippen molar-refractivity contribution in [2.75, 3.05) is 0 Å². The van der Waals surface area contributed by atoms with Crippen molar-refractivity contribution in [2.45, 2.75) is 110 Å². The van der Waals surface area contributed by atoms with E-state index in [1.807, 2.05) is 0 Å². The van der Waals surface area contributed by atoms with Crippen molar-refractivity contribution >= 4 is 12.6 Å². The van der Waals surface area contributed by atoms with E-state index in [9.17, 15) is 0 Å². The van der Waals surface area contributed by atoms with E-state index in [-0.39, 0.29) is 21.7 Å². The van der Waals surface area contributed by atoms with Gasteiger partial charge in [-0.3, -0.25) is 0 Å². The minimum absolute atomic E-state index is 0.0795. The van der Waals surface area contributed by atoms with Crippen LogP contribution in [0.5, 0.6) is 0 Å². The van der Waals surface area contributed by atoms with E-state index in [1.54, 1.807) is 0 Å². The maximum absolute atomic E-state index is 4.94.